The second-order valence-corrected chi connectivity index (χ2v) is 5.23. The highest BCUT2D eigenvalue weighted by Gasteiger charge is 2.14. The second kappa shape index (κ2) is 5.07. The van der Waals surface area contributed by atoms with Gasteiger partial charge in [0.05, 0.1) is 11.1 Å². The molecular formula is C18H14N4. The smallest absolute Gasteiger partial charge is 0.166 e. The van der Waals surface area contributed by atoms with Crippen LogP contribution in [0, 0.1) is 6.92 Å². The molecule has 0 spiro atoms. The first-order valence-corrected chi connectivity index (χ1v) is 7.14. The van der Waals surface area contributed by atoms with Crippen molar-refractivity contribution in [3.8, 4) is 16.9 Å². The van der Waals surface area contributed by atoms with Crippen LogP contribution in [0.1, 0.15) is 5.56 Å². The number of hydrogen-bond donors (Lipinski definition) is 0. The summed E-state index contributed by atoms with van der Waals surface area (Å²) >= 11 is 0. The summed E-state index contributed by atoms with van der Waals surface area (Å²) in [5, 5.41) is 5.74. The van der Waals surface area contributed by atoms with E-state index in [2.05, 4.69) is 41.2 Å². The molecule has 0 aliphatic heterocycles. The van der Waals surface area contributed by atoms with E-state index in [9.17, 15) is 0 Å². The molecule has 2 heterocycles. The van der Waals surface area contributed by atoms with Crippen molar-refractivity contribution in [1.29, 1.82) is 0 Å². The van der Waals surface area contributed by atoms with Crippen LogP contribution in [0.15, 0.2) is 67.1 Å². The van der Waals surface area contributed by atoms with Gasteiger partial charge in [0.15, 0.2) is 5.65 Å². The minimum absolute atomic E-state index is 0.819. The van der Waals surface area contributed by atoms with Crippen LogP contribution in [0.5, 0.6) is 0 Å². The van der Waals surface area contributed by atoms with Gasteiger partial charge in [-0.2, -0.15) is 5.10 Å². The van der Waals surface area contributed by atoms with Crippen molar-refractivity contribution in [3.63, 3.8) is 0 Å². The third-order valence-electron chi connectivity index (χ3n) is 3.64. The average Bonchev–Trinajstić information content (AvgIpc) is 2.95. The normalized spacial score (nSPS) is 11.0. The summed E-state index contributed by atoms with van der Waals surface area (Å²) in [4.78, 5) is 8.58. The molecule has 0 bridgehead atoms. The highest BCUT2D eigenvalue weighted by Crippen LogP contribution is 2.27. The molecule has 0 saturated heterocycles. The molecule has 0 fully saturated rings. The molecule has 0 saturated carbocycles. The van der Waals surface area contributed by atoms with Gasteiger partial charge in [0.1, 0.15) is 12.0 Å². The minimum Gasteiger partial charge on any atom is -0.244 e. The van der Waals surface area contributed by atoms with Crippen LogP contribution in [0.25, 0.3) is 28.0 Å². The lowest BCUT2D eigenvalue weighted by Gasteiger charge is -2.03. The molecule has 4 aromatic rings. The van der Waals surface area contributed by atoms with E-state index in [1.54, 1.807) is 6.33 Å². The Morgan fingerprint density at radius 1 is 0.955 bits per heavy atom. The molecule has 4 nitrogen and oxygen atoms in total. The molecule has 0 aliphatic rings. The molecule has 2 aromatic heterocycles. The number of hydrogen-bond acceptors (Lipinski definition) is 3. The van der Waals surface area contributed by atoms with Crippen molar-refractivity contribution in [1.82, 2.24) is 19.7 Å². The molecule has 2 aromatic carbocycles. The maximum absolute atomic E-state index is 4.79. The fraction of sp³-hybridized carbons (Fsp3) is 0.0556. The van der Waals surface area contributed by atoms with E-state index in [-0.39, 0.29) is 0 Å². The van der Waals surface area contributed by atoms with Gasteiger partial charge in [-0.15, -0.1) is 0 Å². The summed E-state index contributed by atoms with van der Waals surface area (Å²) in [6.07, 6.45) is 3.38. The predicted molar refractivity (Wildman–Crippen MR) is 86.8 cm³/mol. The maximum Gasteiger partial charge on any atom is 0.166 e. The van der Waals surface area contributed by atoms with E-state index in [1.807, 2.05) is 41.2 Å². The van der Waals surface area contributed by atoms with Crippen molar-refractivity contribution in [2.24, 2.45) is 0 Å². The van der Waals surface area contributed by atoms with Crippen LogP contribution in [0.2, 0.25) is 0 Å². The fourth-order valence-corrected chi connectivity index (χ4v) is 2.61. The quantitative estimate of drug-likeness (QED) is 0.563. The van der Waals surface area contributed by atoms with Gasteiger partial charge in [0, 0.05) is 11.8 Å². The molecule has 0 amide bonds. The standard InChI is InChI=1S/C18H14N4/c1-13-6-5-9-15(10-13)22-18-16(11-19-12-20-18)17(21-22)14-7-3-2-4-8-14/h2-12H,1H3. The van der Waals surface area contributed by atoms with Gasteiger partial charge in [-0.1, -0.05) is 42.5 Å². The molecule has 106 valence electrons. The number of benzene rings is 2. The molecule has 0 radical (unpaired) electrons. The molecule has 0 unspecified atom stereocenters. The van der Waals surface area contributed by atoms with Gasteiger partial charge in [-0.25, -0.2) is 14.6 Å². The zero-order valence-corrected chi connectivity index (χ0v) is 12.1. The van der Waals surface area contributed by atoms with E-state index in [0.29, 0.717) is 0 Å². The highest BCUT2D eigenvalue weighted by atomic mass is 15.3. The number of rotatable bonds is 2. The Bertz CT molecular complexity index is 942. The Morgan fingerprint density at radius 2 is 1.82 bits per heavy atom. The Labute approximate surface area is 128 Å². The SMILES string of the molecule is Cc1cccc(-n2nc(-c3ccccc3)c3cncnc32)c1. The summed E-state index contributed by atoms with van der Waals surface area (Å²) in [6.45, 7) is 2.07. The van der Waals surface area contributed by atoms with Crippen molar-refractivity contribution in [3.05, 3.63) is 72.7 Å². The van der Waals surface area contributed by atoms with Crippen molar-refractivity contribution < 1.29 is 0 Å². The van der Waals surface area contributed by atoms with Gasteiger partial charge in [-0.3, -0.25) is 0 Å². The van der Waals surface area contributed by atoms with Crippen LogP contribution >= 0.6 is 0 Å². The first-order chi connectivity index (χ1) is 10.8. The second-order valence-electron chi connectivity index (χ2n) is 5.23. The average molecular weight is 286 g/mol. The van der Waals surface area contributed by atoms with Gasteiger partial charge in [-0.05, 0) is 24.6 Å². The van der Waals surface area contributed by atoms with Gasteiger partial charge in [0.25, 0.3) is 0 Å². The Hall–Kier alpha value is -3.01. The van der Waals surface area contributed by atoms with Crippen LogP contribution < -0.4 is 0 Å². The number of aryl methyl sites for hydroxylation is 1. The molecule has 0 aliphatic carbocycles. The third kappa shape index (κ3) is 2.05. The van der Waals surface area contributed by atoms with Crippen LogP contribution in [-0.4, -0.2) is 19.7 Å². The monoisotopic (exact) mass is 286 g/mol. The largest absolute Gasteiger partial charge is 0.244 e. The summed E-state index contributed by atoms with van der Waals surface area (Å²) in [6, 6.07) is 18.4. The molecular weight excluding hydrogens is 272 g/mol. The third-order valence-corrected chi connectivity index (χ3v) is 3.64. The predicted octanol–water partition coefficient (Wildman–Crippen LogP) is 3.79. The van der Waals surface area contributed by atoms with Gasteiger partial charge < -0.3 is 0 Å². The zero-order valence-electron chi connectivity index (χ0n) is 12.1. The lowest BCUT2D eigenvalue weighted by atomic mass is 10.1. The molecule has 0 atom stereocenters. The lowest BCUT2D eigenvalue weighted by molar-refractivity contribution is 0.897. The first kappa shape index (κ1) is 12.7. The van der Waals surface area contributed by atoms with E-state index < -0.39 is 0 Å². The number of nitrogens with zero attached hydrogens (tertiary/aromatic N) is 4. The Kier molecular flexibility index (Phi) is 2.93. The number of aromatic nitrogens is 4. The molecule has 4 rings (SSSR count). The van der Waals surface area contributed by atoms with Crippen molar-refractivity contribution in [2.75, 3.05) is 0 Å². The highest BCUT2D eigenvalue weighted by molar-refractivity contribution is 5.91. The minimum atomic E-state index is 0.819. The summed E-state index contributed by atoms with van der Waals surface area (Å²) in [5.41, 5.74) is 4.98. The van der Waals surface area contributed by atoms with E-state index in [0.717, 1.165) is 28.0 Å². The Balaban J connectivity index is 2.01. The Morgan fingerprint density at radius 3 is 2.64 bits per heavy atom. The molecule has 4 heteroatoms. The first-order valence-electron chi connectivity index (χ1n) is 7.14. The van der Waals surface area contributed by atoms with Crippen molar-refractivity contribution >= 4 is 11.0 Å². The summed E-state index contributed by atoms with van der Waals surface area (Å²) in [7, 11) is 0. The van der Waals surface area contributed by atoms with Crippen LogP contribution in [-0.2, 0) is 0 Å². The zero-order chi connectivity index (χ0) is 14.9. The van der Waals surface area contributed by atoms with E-state index >= 15 is 0 Å². The van der Waals surface area contributed by atoms with Gasteiger partial charge >= 0.3 is 0 Å². The summed E-state index contributed by atoms with van der Waals surface area (Å²) < 4.78 is 1.88. The molecule has 22 heavy (non-hydrogen) atoms. The fourth-order valence-electron chi connectivity index (χ4n) is 2.61. The molecule has 0 N–H and O–H groups in total. The summed E-state index contributed by atoms with van der Waals surface area (Å²) in [5.74, 6) is 0. The van der Waals surface area contributed by atoms with Gasteiger partial charge in [0.2, 0.25) is 0 Å². The maximum atomic E-state index is 4.79. The van der Waals surface area contributed by atoms with E-state index in [1.165, 1.54) is 5.56 Å². The van der Waals surface area contributed by atoms with Crippen LogP contribution in [0.4, 0.5) is 0 Å². The van der Waals surface area contributed by atoms with E-state index in [4.69, 9.17) is 5.10 Å². The number of fused-ring (bicyclic) bond motifs is 1. The van der Waals surface area contributed by atoms with Crippen LogP contribution in [0.3, 0.4) is 0 Å². The van der Waals surface area contributed by atoms with Crippen molar-refractivity contribution in [2.45, 2.75) is 6.92 Å². The lowest BCUT2D eigenvalue weighted by Crippen LogP contribution is -1.98. The topological polar surface area (TPSA) is 43.6 Å².